The minimum absolute atomic E-state index is 0.717. The van der Waals surface area contributed by atoms with Gasteiger partial charge in [0.2, 0.25) is 0 Å². The molecule has 0 atom stereocenters. The first kappa shape index (κ1) is 11.9. The smallest absolute Gasteiger partial charge is 0.100 e. The second-order valence-electron chi connectivity index (χ2n) is 4.43. The molecule has 0 aliphatic rings. The van der Waals surface area contributed by atoms with E-state index in [0.29, 0.717) is 5.56 Å². The zero-order valence-electron chi connectivity index (χ0n) is 10.5. The van der Waals surface area contributed by atoms with Gasteiger partial charge < -0.3 is 4.98 Å². The molecule has 1 heterocycles. The van der Waals surface area contributed by atoms with Crippen molar-refractivity contribution in [2.45, 2.75) is 16.8 Å². The van der Waals surface area contributed by atoms with Gasteiger partial charge in [-0.05, 0) is 36.8 Å². The second kappa shape index (κ2) is 4.83. The van der Waals surface area contributed by atoms with Crippen LogP contribution in [0.5, 0.6) is 0 Å². The second-order valence-corrected chi connectivity index (χ2v) is 5.52. The molecule has 0 saturated heterocycles. The van der Waals surface area contributed by atoms with Crippen molar-refractivity contribution in [1.29, 1.82) is 5.26 Å². The summed E-state index contributed by atoms with van der Waals surface area (Å²) in [4.78, 5) is 4.36. The fourth-order valence-corrected chi connectivity index (χ4v) is 3.08. The van der Waals surface area contributed by atoms with Crippen LogP contribution in [0.2, 0.25) is 0 Å². The number of aryl methyl sites for hydroxylation is 1. The molecule has 0 bridgehead atoms. The highest BCUT2D eigenvalue weighted by molar-refractivity contribution is 7.99. The van der Waals surface area contributed by atoms with E-state index >= 15 is 0 Å². The zero-order chi connectivity index (χ0) is 13.2. The number of rotatable bonds is 2. The summed E-state index contributed by atoms with van der Waals surface area (Å²) in [5.74, 6) is 0. The predicted octanol–water partition coefficient (Wildman–Crippen LogP) is 4.50. The van der Waals surface area contributed by atoms with Crippen LogP contribution in [0, 0.1) is 18.3 Å². The van der Waals surface area contributed by atoms with Gasteiger partial charge in [-0.3, -0.25) is 0 Å². The van der Waals surface area contributed by atoms with Crippen LogP contribution < -0.4 is 0 Å². The molecule has 3 rings (SSSR count). The zero-order valence-corrected chi connectivity index (χ0v) is 11.3. The average Bonchev–Trinajstić information content (AvgIpc) is 2.81. The van der Waals surface area contributed by atoms with Gasteiger partial charge in [0.1, 0.15) is 6.07 Å². The van der Waals surface area contributed by atoms with Crippen molar-refractivity contribution >= 4 is 22.7 Å². The maximum atomic E-state index is 9.15. The summed E-state index contributed by atoms with van der Waals surface area (Å²) in [6.45, 7) is 2.04. The molecular weight excluding hydrogens is 252 g/mol. The normalized spacial score (nSPS) is 10.5. The summed E-state index contributed by atoms with van der Waals surface area (Å²) in [5.41, 5.74) is 3.00. The third kappa shape index (κ3) is 2.35. The van der Waals surface area contributed by atoms with E-state index < -0.39 is 0 Å². The minimum Gasteiger partial charge on any atom is -0.349 e. The summed E-state index contributed by atoms with van der Waals surface area (Å²) in [6.07, 6.45) is 0. The van der Waals surface area contributed by atoms with E-state index in [1.165, 1.54) is 5.39 Å². The highest BCUT2D eigenvalue weighted by Gasteiger charge is 2.07. The van der Waals surface area contributed by atoms with Crippen LogP contribution in [0.1, 0.15) is 11.1 Å². The summed E-state index contributed by atoms with van der Waals surface area (Å²) >= 11 is 1.60. The Hall–Kier alpha value is -2.18. The number of nitrogens with zero attached hydrogens (tertiary/aromatic N) is 1. The van der Waals surface area contributed by atoms with E-state index in [-0.39, 0.29) is 0 Å². The van der Waals surface area contributed by atoms with Crippen molar-refractivity contribution in [2.24, 2.45) is 0 Å². The van der Waals surface area contributed by atoms with Crippen molar-refractivity contribution in [3.8, 4) is 6.07 Å². The molecule has 0 unspecified atom stereocenters. The molecule has 92 valence electrons. The fraction of sp³-hybridized carbons (Fsp3) is 0.0625. The number of fused-ring (bicyclic) bond motifs is 1. The first-order valence-electron chi connectivity index (χ1n) is 6.02. The van der Waals surface area contributed by atoms with Crippen molar-refractivity contribution in [3.63, 3.8) is 0 Å². The Labute approximate surface area is 116 Å². The molecule has 0 amide bonds. The lowest BCUT2D eigenvalue weighted by molar-refractivity contribution is 1.22. The summed E-state index contributed by atoms with van der Waals surface area (Å²) in [6, 6.07) is 18.4. The van der Waals surface area contributed by atoms with Gasteiger partial charge in [0.05, 0.1) is 10.6 Å². The number of nitrogens with one attached hydrogen (secondary N) is 1. The van der Waals surface area contributed by atoms with Gasteiger partial charge in [-0.15, -0.1) is 0 Å². The number of aromatic amines is 1. The van der Waals surface area contributed by atoms with Gasteiger partial charge in [-0.25, -0.2) is 0 Å². The third-order valence-electron chi connectivity index (χ3n) is 2.98. The van der Waals surface area contributed by atoms with Crippen LogP contribution in [0.25, 0.3) is 10.9 Å². The molecular formula is C16H12N2S. The lowest BCUT2D eigenvalue weighted by Gasteiger charge is -2.03. The number of hydrogen-bond donors (Lipinski definition) is 1. The standard InChI is InChI=1S/C16H12N2S/c1-11-6-7-13(10-17)15(8-11)19-16-9-12-4-2-3-5-14(12)18-16/h2-9,18H,1H3. The fourth-order valence-electron chi connectivity index (χ4n) is 2.03. The van der Waals surface area contributed by atoms with Gasteiger partial charge in [0, 0.05) is 15.8 Å². The SMILES string of the molecule is Cc1ccc(C#N)c(Sc2cc3ccccc3[nH]2)c1. The topological polar surface area (TPSA) is 39.6 Å². The van der Waals surface area contributed by atoms with E-state index in [9.17, 15) is 0 Å². The lowest BCUT2D eigenvalue weighted by Crippen LogP contribution is -1.83. The molecule has 1 aromatic heterocycles. The summed E-state index contributed by atoms with van der Waals surface area (Å²) < 4.78 is 0. The Balaban J connectivity index is 2.01. The maximum absolute atomic E-state index is 9.15. The van der Waals surface area contributed by atoms with E-state index in [2.05, 4.69) is 35.3 Å². The molecule has 1 N–H and O–H groups in total. The quantitative estimate of drug-likeness (QED) is 0.740. The first-order chi connectivity index (χ1) is 9.26. The minimum atomic E-state index is 0.717. The number of hydrogen-bond acceptors (Lipinski definition) is 2. The molecule has 0 aliphatic heterocycles. The molecule has 3 aromatic rings. The Kier molecular flexibility index (Phi) is 3.02. The Bertz CT molecular complexity index is 748. The van der Waals surface area contributed by atoms with Gasteiger partial charge in [0.25, 0.3) is 0 Å². The molecule has 19 heavy (non-hydrogen) atoms. The average molecular weight is 264 g/mol. The molecule has 0 spiro atoms. The van der Waals surface area contributed by atoms with Crippen LogP contribution in [-0.2, 0) is 0 Å². The van der Waals surface area contributed by atoms with Crippen LogP contribution in [0.3, 0.4) is 0 Å². The molecule has 0 radical (unpaired) electrons. The van der Waals surface area contributed by atoms with Crippen LogP contribution in [-0.4, -0.2) is 4.98 Å². The van der Waals surface area contributed by atoms with E-state index in [1.807, 2.05) is 31.2 Å². The van der Waals surface area contributed by atoms with Gasteiger partial charge in [0.15, 0.2) is 0 Å². The molecule has 0 fully saturated rings. The van der Waals surface area contributed by atoms with Crippen molar-refractivity contribution in [2.75, 3.05) is 0 Å². The predicted molar refractivity (Wildman–Crippen MR) is 78.3 cm³/mol. The highest BCUT2D eigenvalue weighted by atomic mass is 32.2. The number of benzene rings is 2. The van der Waals surface area contributed by atoms with Crippen LogP contribution in [0.15, 0.2) is 58.5 Å². The number of aromatic nitrogens is 1. The third-order valence-corrected chi connectivity index (χ3v) is 3.98. The monoisotopic (exact) mass is 264 g/mol. The molecule has 3 heteroatoms. The Morgan fingerprint density at radius 1 is 1.11 bits per heavy atom. The number of nitriles is 1. The van der Waals surface area contributed by atoms with Crippen LogP contribution in [0.4, 0.5) is 0 Å². The Morgan fingerprint density at radius 3 is 2.74 bits per heavy atom. The molecule has 2 nitrogen and oxygen atoms in total. The van der Waals surface area contributed by atoms with Gasteiger partial charge in [-0.1, -0.05) is 36.0 Å². The maximum Gasteiger partial charge on any atom is 0.100 e. The van der Waals surface area contributed by atoms with Gasteiger partial charge in [-0.2, -0.15) is 5.26 Å². The summed E-state index contributed by atoms with van der Waals surface area (Å²) in [5, 5.41) is 11.4. The first-order valence-corrected chi connectivity index (χ1v) is 6.84. The van der Waals surface area contributed by atoms with Crippen molar-refractivity contribution in [3.05, 3.63) is 59.7 Å². The van der Waals surface area contributed by atoms with Crippen molar-refractivity contribution < 1.29 is 0 Å². The van der Waals surface area contributed by atoms with Crippen LogP contribution >= 0.6 is 11.8 Å². The van der Waals surface area contributed by atoms with E-state index in [1.54, 1.807) is 11.8 Å². The van der Waals surface area contributed by atoms with Gasteiger partial charge >= 0.3 is 0 Å². The number of para-hydroxylation sites is 1. The van der Waals surface area contributed by atoms with E-state index in [0.717, 1.165) is 21.0 Å². The molecule has 0 saturated carbocycles. The van der Waals surface area contributed by atoms with E-state index in [4.69, 9.17) is 5.26 Å². The lowest BCUT2D eigenvalue weighted by atomic mass is 10.2. The summed E-state index contributed by atoms with van der Waals surface area (Å²) in [7, 11) is 0. The number of H-pyrrole nitrogens is 1. The highest BCUT2D eigenvalue weighted by Crippen LogP contribution is 2.32. The molecule has 2 aromatic carbocycles. The largest absolute Gasteiger partial charge is 0.349 e. The molecule has 0 aliphatic carbocycles. The van der Waals surface area contributed by atoms with Crippen molar-refractivity contribution in [1.82, 2.24) is 4.98 Å². The Morgan fingerprint density at radius 2 is 1.95 bits per heavy atom.